The lowest BCUT2D eigenvalue weighted by Gasteiger charge is -2.18. The minimum absolute atomic E-state index is 0.0984. The van der Waals surface area contributed by atoms with Crippen LogP contribution in [0, 0.1) is 0 Å². The number of hydrogen-bond acceptors (Lipinski definition) is 6. The Morgan fingerprint density at radius 1 is 0.318 bits per heavy atom. The molecular weight excluding hydrogens is 817 g/mol. The molecule has 0 saturated heterocycles. The highest BCUT2D eigenvalue weighted by molar-refractivity contribution is 5.71. The van der Waals surface area contributed by atoms with Gasteiger partial charge in [-0.15, -0.1) is 0 Å². The van der Waals surface area contributed by atoms with E-state index >= 15 is 0 Å². The van der Waals surface area contributed by atoms with E-state index in [0.29, 0.717) is 19.3 Å². The fraction of sp³-hybridized carbons (Fsp3) is 0.750. The third kappa shape index (κ3) is 51.8. The monoisotopic (exact) mass is 921 g/mol. The molecule has 66 heavy (non-hydrogen) atoms. The van der Waals surface area contributed by atoms with Crippen LogP contribution in [0.2, 0.25) is 0 Å². The van der Waals surface area contributed by atoms with Crippen LogP contribution in [0.3, 0.4) is 0 Å². The van der Waals surface area contributed by atoms with E-state index in [4.69, 9.17) is 14.2 Å². The molecule has 6 heteroatoms. The Bertz CT molecular complexity index is 1240. The molecule has 0 heterocycles. The number of hydrogen-bond donors (Lipinski definition) is 0. The molecule has 0 amide bonds. The van der Waals surface area contributed by atoms with Crippen molar-refractivity contribution in [3.05, 3.63) is 72.9 Å². The van der Waals surface area contributed by atoms with Gasteiger partial charge in [-0.1, -0.05) is 241 Å². The SMILES string of the molecule is CC/C=C\C/C=C\C/C=C\C/C=C\C/C=C\CCCC(=O)OC(COC(=O)CCCCCCC/C=C\CCCCC)COC(=O)CCCCCCCCCCCCCCCCCCCCC. The maximum Gasteiger partial charge on any atom is 0.306 e. The predicted molar refractivity (Wildman–Crippen MR) is 284 cm³/mol. The average Bonchev–Trinajstić information content (AvgIpc) is 3.31. The maximum atomic E-state index is 12.8. The summed E-state index contributed by atoms with van der Waals surface area (Å²) in [4.78, 5) is 38.0. The molecule has 6 nitrogen and oxygen atoms in total. The quantitative estimate of drug-likeness (QED) is 0.0262. The van der Waals surface area contributed by atoms with Gasteiger partial charge in [0.2, 0.25) is 0 Å². The molecule has 0 saturated carbocycles. The van der Waals surface area contributed by atoms with Gasteiger partial charge in [0.15, 0.2) is 6.10 Å². The van der Waals surface area contributed by atoms with Crippen LogP contribution in [0.15, 0.2) is 72.9 Å². The molecule has 0 rings (SSSR count). The van der Waals surface area contributed by atoms with Crippen molar-refractivity contribution in [3.63, 3.8) is 0 Å². The van der Waals surface area contributed by atoms with Crippen molar-refractivity contribution in [2.24, 2.45) is 0 Å². The van der Waals surface area contributed by atoms with Crippen LogP contribution in [-0.2, 0) is 28.6 Å². The second-order valence-electron chi connectivity index (χ2n) is 18.5. The van der Waals surface area contributed by atoms with Gasteiger partial charge in [-0.3, -0.25) is 14.4 Å². The van der Waals surface area contributed by atoms with Crippen LogP contribution >= 0.6 is 0 Å². The summed E-state index contributed by atoms with van der Waals surface area (Å²) >= 11 is 0. The lowest BCUT2D eigenvalue weighted by molar-refractivity contribution is -0.167. The highest BCUT2D eigenvalue weighted by Crippen LogP contribution is 2.16. The molecule has 0 aromatic carbocycles. The largest absolute Gasteiger partial charge is 0.462 e. The van der Waals surface area contributed by atoms with Gasteiger partial charge < -0.3 is 14.2 Å². The van der Waals surface area contributed by atoms with Crippen molar-refractivity contribution in [2.45, 2.75) is 277 Å². The van der Waals surface area contributed by atoms with Crippen molar-refractivity contribution in [2.75, 3.05) is 13.2 Å². The lowest BCUT2D eigenvalue weighted by atomic mass is 10.0. The Balaban J connectivity index is 4.42. The first kappa shape index (κ1) is 62.8. The number of unbranched alkanes of at least 4 members (excludes halogenated alkanes) is 27. The molecule has 0 aromatic rings. The number of allylic oxidation sites excluding steroid dienone is 12. The van der Waals surface area contributed by atoms with Crippen LogP contribution in [0.5, 0.6) is 0 Å². The highest BCUT2D eigenvalue weighted by atomic mass is 16.6. The minimum Gasteiger partial charge on any atom is -0.462 e. The molecule has 0 aliphatic rings. The fourth-order valence-electron chi connectivity index (χ4n) is 7.77. The smallest absolute Gasteiger partial charge is 0.306 e. The zero-order chi connectivity index (χ0) is 47.9. The van der Waals surface area contributed by atoms with Crippen LogP contribution < -0.4 is 0 Å². The van der Waals surface area contributed by atoms with Gasteiger partial charge in [0.05, 0.1) is 0 Å². The number of ether oxygens (including phenoxy) is 3. The second-order valence-corrected chi connectivity index (χ2v) is 18.5. The number of rotatable bonds is 50. The first-order valence-electron chi connectivity index (χ1n) is 27.9. The van der Waals surface area contributed by atoms with E-state index in [0.717, 1.165) is 83.5 Å². The molecule has 0 N–H and O–H groups in total. The van der Waals surface area contributed by atoms with Gasteiger partial charge in [-0.2, -0.15) is 0 Å². The molecule has 1 unspecified atom stereocenters. The summed E-state index contributed by atoms with van der Waals surface area (Å²) in [6.45, 7) is 6.47. The summed E-state index contributed by atoms with van der Waals surface area (Å²) < 4.78 is 16.8. The fourth-order valence-corrected chi connectivity index (χ4v) is 7.77. The summed E-state index contributed by atoms with van der Waals surface area (Å²) in [6.07, 6.45) is 69.0. The Morgan fingerprint density at radius 3 is 1.02 bits per heavy atom. The summed E-state index contributed by atoms with van der Waals surface area (Å²) in [7, 11) is 0. The first-order valence-corrected chi connectivity index (χ1v) is 27.9. The van der Waals surface area contributed by atoms with Crippen molar-refractivity contribution < 1.29 is 28.6 Å². The van der Waals surface area contributed by atoms with Gasteiger partial charge in [-0.25, -0.2) is 0 Å². The molecular formula is C60H104O6. The Morgan fingerprint density at radius 2 is 0.606 bits per heavy atom. The van der Waals surface area contributed by atoms with Crippen molar-refractivity contribution in [3.8, 4) is 0 Å². The predicted octanol–water partition coefficient (Wildman–Crippen LogP) is 18.6. The highest BCUT2D eigenvalue weighted by Gasteiger charge is 2.19. The van der Waals surface area contributed by atoms with Crippen molar-refractivity contribution >= 4 is 17.9 Å². The van der Waals surface area contributed by atoms with Crippen LogP contribution in [0.4, 0.5) is 0 Å². The van der Waals surface area contributed by atoms with E-state index in [1.165, 1.54) is 141 Å². The second kappa shape index (κ2) is 54.5. The van der Waals surface area contributed by atoms with Crippen LogP contribution in [-0.4, -0.2) is 37.2 Å². The van der Waals surface area contributed by atoms with E-state index < -0.39 is 6.10 Å². The number of carbonyl (C=O) groups is 3. The standard InChI is InChI=1S/C60H104O6/c1-4-7-10-13-16-19-22-25-27-29-30-32-33-35-38-41-44-47-50-53-59(62)65-56-57(55-64-58(61)52-49-46-43-40-37-24-21-18-15-12-9-6-3)66-60(63)54-51-48-45-42-39-36-34-31-28-26-23-20-17-14-11-8-5-2/h8,11,17-18,20-21,26,28,34,36,42,45,57H,4-7,9-10,12-16,19,22-25,27,29-33,35,37-41,43-44,46-56H2,1-3H3/b11-8-,20-17-,21-18-,28-26-,36-34-,45-42-. The molecule has 380 valence electrons. The van der Waals surface area contributed by atoms with Gasteiger partial charge in [0, 0.05) is 19.3 Å². The number of carbonyl (C=O) groups excluding carboxylic acids is 3. The van der Waals surface area contributed by atoms with Gasteiger partial charge in [0.1, 0.15) is 13.2 Å². The summed E-state index contributed by atoms with van der Waals surface area (Å²) in [6, 6.07) is 0. The molecule has 0 aliphatic heterocycles. The molecule has 0 aliphatic carbocycles. The molecule has 1 atom stereocenters. The van der Waals surface area contributed by atoms with Crippen LogP contribution in [0.1, 0.15) is 271 Å². The van der Waals surface area contributed by atoms with E-state index in [2.05, 4.69) is 93.7 Å². The summed E-state index contributed by atoms with van der Waals surface area (Å²) in [5, 5.41) is 0. The topological polar surface area (TPSA) is 78.9 Å². The maximum absolute atomic E-state index is 12.8. The van der Waals surface area contributed by atoms with Gasteiger partial charge in [0.25, 0.3) is 0 Å². The summed E-state index contributed by atoms with van der Waals surface area (Å²) in [5.74, 6) is -0.960. The van der Waals surface area contributed by atoms with Crippen LogP contribution in [0.25, 0.3) is 0 Å². The van der Waals surface area contributed by atoms with E-state index in [9.17, 15) is 14.4 Å². The van der Waals surface area contributed by atoms with E-state index in [1.54, 1.807) is 0 Å². The lowest BCUT2D eigenvalue weighted by Crippen LogP contribution is -2.30. The third-order valence-electron chi connectivity index (χ3n) is 11.9. The minimum atomic E-state index is -0.806. The van der Waals surface area contributed by atoms with E-state index in [-0.39, 0.29) is 37.5 Å². The molecule has 0 spiro atoms. The Hall–Kier alpha value is -3.15. The average molecular weight is 921 g/mol. The molecule has 0 fully saturated rings. The van der Waals surface area contributed by atoms with E-state index in [1.807, 2.05) is 0 Å². The Labute approximate surface area is 408 Å². The summed E-state index contributed by atoms with van der Waals surface area (Å²) in [5.41, 5.74) is 0. The normalized spacial score (nSPS) is 12.6. The number of esters is 3. The zero-order valence-corrected chi connectivity index (χ0v) is 43.4. The van der Waals surface area contributed by atoms with Crippen molar-refractivity contribution in [1.82, 2.24) is 0 Å². The van der Waals surface area contributed by atoms with Crippen molar-refractivity contribution in [1.29, 1.82) is 0 Å². The van der Waals surface area contributed by atoms with Gasteiger partial charge >= 0.3 is 17.9 Å². The zero-order valence-electron chi connectivity index (χ0n) is 43.4. The Kier molecular flexibility index (Phi) is 51.9. The van der Waals surface area contributed by atoms with Gasteiger partial charge in [-0.05, 0) is 83.5 Å². The third-order valence-corrected chi connectivity index (χ3v) is 11.9. The molecule has 0 bridgehead atoms. The molecule has 0 radical (unpaired) electrons. The first-order chi connectivity index (χ1) is 32.5. The molecule has 0 aromatic heterocycles.